The molecule has 0 aromatic heterocycles. The monoisotopic (exact) mass is 439 g/mol. The van der Waals surface area contributed by atoms with Gasteiger partial charge in [0.25, 0.3) is 0 Å². The molecule has 0 bridgehead atoms. The molecule has 0 aromatic carbocycles. The Labute approximate surface area is 189 Å². The number of nitrogens with zero attached hydrogens (tertiary/aromatic N) is 2. The van der Waals surface area contributed by atoms with Gasteiger partial charge in [-0.3, -0.25) is 14.4 Å². The van der Waals surface area contributed by atoms with Crippen molar-refractivity contribution >= 4 is 17.7 Å². The van der Waals surface area contributed by atoms with E-state index in [1.54, 1.807) is 7.05 Å². The zero-order valence-corrected chi connectivity index (χ0v) is 20.5. The number of Topliss-reactive ketones (excluding diaryl/α,β-unsaturated/α-hetero) is 1. The van der Waals surface area contributed by atoms with Crippen molar-refractivity contribution in [2.45, 2.75) is 65.7 Å². The maximum absolute atomic E-state index is 12.7. The Bertz CT molecular complexity index is 555. The van der Waals surface area contributed by atoms with Gasteiger partial charge in [0.1, 0.15) is 11.7 Å². The molecule has 7 heteroatoms. The number of likely N-dealkylation sites (N-methyl/N-ethyl adjacent to an activating group) is 2. The van der Waals surface area contributed by atoms with Gasteiger partial charge in [-0.25, -0.2) is 0 Å². The van der Waals surface area contributed by atoms with Crippen LogP contribution in [0.4, 0.5) is 0 Å². The van der Waals surface area contributed by atoms with E-state index in [0.29, 0.717) is 57.3 Å². The van der Waals surface area contributed by atoms with E-state index in [2.05, 4.69) is 31.1 Å². The van der Waals surface area contributed by atoms with Crippen LogP contribution >= 0.6 is 0 Å². The molecular formula is C24H45N3O4. The summed E-state index contributed by atoms with van der Waals surface area (Å²) in [4.78, 5) is 41.9. The zero-order valence-electron chi connectivity index (χ0n) is 20.5. The quantitative estimate of drug-likeness (QED) is 0.536. The molecule has 31 heavy (non-hydrogen) atoms. The zero-order chi connectivity index (χ0) is 23.2. The first-order chi connectivity index (χ1) is 14.8. The average Bonchev–Trinajstić information content (AvgIpc) is 2.71. The van der Waals surface area contributed by atoms with Crippen LogP contribution < -0.4 is 5.32 Å². The second kappa shape index (κ2) is 15.4. The Morgan fingerprint density at radius 1 is 1.13 bits per heavy atom. The van der Waals surface area contributed by atoms with Crippen LogP contribution in [0.15, 0.2) is 0 Å². The summed E-state index contributed by atoms with van der Waals surface area (Å²) in [7, 11) is 3.89. The molecule has 1 fully saturated rings. The average molecular weight is 440 g/mol. The van der Waals surface area contributed by atoms with E-state index >= 15 is 0 Å². The van der Waals surface area contributed by atoms with Gasteiger partial charge in [-0.05, 0) is 58.0 Å². The number of esters is 1. The third-order valence-corrected chi connectivity index (χ3v) is 6.06. The molecule has 0 radical (unpaired) electrons. The Hall–Kier alpha value is -1.47. The molecule has 0 aromatic rings. The first-order valence-corrected chi connectivity index (χ1v) is 12.1. The maximum Gasteiger partial charge on any atom is 0.316 e. The smallest absolute Gasteiger partial charge is 0.316 e. The van der Waals surface area contributed by atoms with Crippen LogP contribution in [0.3, 0.4) is 0 Å². The van der Waals surface area contributed by atoms with Gasteiger partial charge in [0.2, 0.25) is 5.91 Å². The first kappa shape index (κ1) is 27.6. The predicted octanol–water partition coefficient (Wildman–Crippen LogP) is 2.73. The number of carbonyl (C=O) groups is 3. The van der Waals surface area contributed by atoms with E-state index in [1.165, 1.54) is 0 Å². The maximum atomic E-state index is 12.7. The fraction of sp³-hybridized carbons (Fsp3) is 0.875. The summed E-state index contributed by atoms with van der Waals surface area (Å²) in [5.74, 6) is 0.0446. The van der Waals surface area contributed by atoms with E-state index in [9.17, 15) is 14.4 Å². The van der Waals surface area contributed by atoms with E-state index in [4.69, 9.17) is 4.74 Å². The molecule has 3 atom stereocenters. The van der Waals surface area contributed by atoms with Gasteiger partial charge in [0.05, 0.1) is 13.2 Å². The summed E-state index contributed by atoms with van der Waals surface area (Å²) in [6, 6.07) is 0. The van der Waals surface area contributed by atoms with Crippen LogP contribution in [-0.2, 0) is 19.1 Å². The highest BCUT2D eigenvalue weighted by molar-refractivity contribution is 5.98. The fourth-order valence-corrected chi connectivity index (χ4v) is 4.36. The van der Waals surface area contributed by atoms with E-state index in [0.717, 1.165) is 38.8 Å². The number of cyclic esters (lactones) is 1. The van der Waals surface area contributed by atoms with Crippen molar-refractivity contribution in [2.75, 3.05) is 53.4 Å². The highest BCUT2D eigenvalue weighted by atomic mass is 16.5. The highest BCUT2D eigenvalue weighted by Crippen LogP contribution is 2.21. The Morgan fingerprint density at radius 3 is 2.55 bits per heavy atom. The Kier molecular flexibility index (Phi) is 13.7. The molecule has 0 spiro atoms. The molecule has 0 saturated carbocycles. The summed E-state index contributed by atoms with van der Waals surface area (Å²) in [5, 5.41) is 2.94. The van der Waals surface area contributed by atoms with Crippen LogP contribution in [0, 0.1) is 17.8 Å². The lowest BCUT2D eigenvalue weighted by Gasteiger charge is -2.28. The summed E-state index contributed by atoms with van der Waals surface area (Å²) >= 11 is 0. The molecule has 1 aliphatic heterocycles. The Morgan fingerprint density at radius 2 is 1.87 bits per heavy atom. The summed E-state index contributed by atoms with van der Waals surface area (Å²) in [5.41, 5.74) is 0. The van der Waals surface area contributed by atoms with Crippen molar-refractivity contribution in [3.8, 4) is 0 Å². The minimum Gasteiger partial charge on any atom is -0.465 e. The van der Waals surface area contributed by atoms with Gasteiger partial charge in [0.15, 0.2) is 0 Å². The molecule has 1 heterocycles. The number of amides is 1. The Balaban J connectivity index is 2.82. The molecule has 1 N–H and O–H groups in total. The summed E-state index contributed by atoms with van der Waals surface area (Å²) in [6.07, 6.45) is 5.10. The topological polar surface area (TPSA) is 79.0 Å². The fourth-order valence-electron chi connectivity index (χ4n) is 4.36. The molecule has 1 rings (SSSR count). The van der Waals surface area contributed by atoms with Crippen molar-refractivity contribution in [2.24, 2.45) is 17.8 Å². The molecule has 1 aliphatic rings. The van der Waals surface area contributed by atoms with Gasteiger partial charge in [-0.15, -0.1) is 0 Å². The lowest BCUT2D eigenvalue weighted by Crippen LogP contribution is -2.42. The lowest BCUT2D eigenvalue weighted by atomic mass is 9.89. The van der Waals surface area contributed by atoms with E-state index in [-0.39, 0.29) is 17.7 Å². The van der Waals surface area contributed by atoms with Crippen molar-refractivity contribution < 1.29 is 19.1 Å². The minimum absolute atomic E-state index is 0.0217. The number of rotatable bonds is 4. The van der Waals surface area contributed by atoms with E-state index < -0.39 is 5.92 Å². The summed E-state index contributed by atoms with van der Waals surface area (Å²) < 4.78 is 5.44. The third kappa shape index (κ3) is 11.1. The molecule has 1 amide bonds. The largest absolute Gasteiger partial charge is 0.465 e. The number of hydrogen-bond acceptors (Lipinski definition) is 6. The molecule has 7 nitrogen and oxygen atoms in total. The molecular weight excluding hydrogens is 394 g/mol. The van der Waals surface area contributed by atoms with Gasteiger partial charge < -0.3 is 19.9 Å². The molecule has 1 unspecified atom stereocenters. The van der Waals surface area contributed by atoms with E-state index in [1.807, 2.05) is 11.8 Å². The number of nitrogens with one attached hydrogen (secondary N) is 1. The second-order valence-electron chi connectivity index (χ2n) is 9.34. The third-order valence-electron chi connectivity index (χ3n) is 6.06. The number of carbonyl (C=O) groups excluding carboxylic acids is 3. The van der Waals surface area contributed by atoms with Crippen molar-refractivity contribution in [1.82, 2.24) is 15.1 Å². The van der Waals surface area contributed by atoms with Crippen LogP contribution in [0.5, 0.6) is 0 Å². The standard InChI is InChI=1S/C24H45N3O4/c1-6-9-21-22(28)11-10-19(2)16-20(3)18-26(5)13-14-27(23(29)17-25-4)12-7-8-15-31-24(21)30/h19-21,25H,6-18H2,1-5H3/t19-,20+,21?/m0/s1. The van der Waals surface area contributed by atoms with Gasteiger partial charge in [0, 0.05) is 32.6 Å². The predicted molar refractivity (Wildman–Crippen MR) is 124 cm³/mol. The van der Waals surface area contributed by atoms with Crippen LogP contribution in [-0.4, -0.2) is 80.9 Å². The number of hydrogen-bond donors (Lipinski definition) is 1. The molecule has 180 valence electrons. The van der Waals surface area contributed by atoms with Gasteiger partial charge >= 0.3 is 5.97 Å². The SMILES string of the molecule is CCCC1C(=O)CC[C@H](C)C[C@@H](C)CN(C)CCN(C(=O)CNC)CCCCOC1=O. The molecule has 1 saturated heterocycles. The van der Waals surface area contributed by atoms with Gasteiger partial charge in [-0.1, -0.05) is 27.2 Å². The second-order valence-corrected chi connectivity index (χ2v) is 9.34. The number of ether oxygens (including phenoxy) is 1. The van der Waals surface area contributed by atoms with Gasteiger partial charge in [-0.2, -0.15) is 0 Å². The van der Waals surface area contributed by atoms with Crippen LogP contribution in [0.25, 0.3) is 0 Å². The number of ketones is 1. The normalized spacial score (nSPS) is 26.7. The highest BCUT2D eigenvalue weighted by Gasteiger charge is 2.27. The lowest BCUT2D eigenvalue weighted by molar-refractivity contribution is -0.152. The van der Waals surface area contributed by atoms with Crippen molar-refractivity contribution in [3.05, 3.63) is 0 Å². The first-order valence-electron chi connectivity index (χ1n) is 12.1. The van der Waals surface area contributed by atoms with Crippen molar-refractivity contribution in [3.63, 3.8) is 0 Å². The minimum atomic E-state index is -0.631. The molecule has 0 aliphatic carbocycles. The van der Waals surface area contributed by atoms with Crippen LogP contribution in [0.1, 0.15) is 65.7 Å². The summed E-state index contributed by atoms with van der Waals surface area (Å²) in [6.45, 7) is 10.2. The van der Waals surface area contributed by atoms with Crippen molar-refractivity contribution in [1.29, 1.82) is 0 Å². The van der Waals surface area contributed by atoms with Crippen LogP contribution in [0.2, 0.25) is 0 Å².